The molecule has 21 heavy (non-hydrogen) atoms. The number of hydrogen-bond donors (Lipinski definition) is 1. The van der Waals surface area contributed by atoms with Crippen molar-refractivity contribution in [3.8, 4) is 0 Å². The molecule has 7 nitrogen and oxygen atoms in total. The van der Waals surface area contributed by atoms with E-state index in [9.17, 15) is 0 Å². The van der Waals surface area contributed by atoms with E-state index in [4.69, 9.17) is 15.6 Å². The predicted octanol–water partition coefficient (Wildman–Crippen LogP) is 0.844. The molecule has 2 aromatic heterocycles. The molecule has 0 atom stereocenters. The molecule has 2 aliphatic rings. The molecule has 0 bridgehead atoms. The summed E-state index contributed by atoms with van der Waals surface area (Å²) in [6, 6.07) is 0. The van der Waals surface area contributed by atoms with Crippen molar-refractivity contribution in [2.24, 2.45) is 0 Å². The highest BCUT2D eigenvalue weighted by atomic mass is 35.5. The molecule has 1 aliphatic heterocycles. The normalized spacial score (nSPS) is 18.4. The lowest BCUT2D eigenvalue weighted by Gasteiger charge is -2.31. The number of nitrogen functional groups attached to an aromatic ring is 1. The highest BCUT2D eigenvalue weighted by Gasteiger charge is 2.25. The highest BCUT2D eigenvalue weighted by Crippen LogP contribution is 2.31. The number of anilines is 2. The van der Waals surface area contributed by atoms with Crippen molar-refractivity contribution in [3.63, 3.8) is 0 Å². The Balaban J connectivity index is 0.00000132. The quantitative estimate of drug-likeness (QED) is 0.841. The van der Waals surface area contributed by atoms with E-state index in [-0.39, 0.29) is 12.4 Å². The van der Waals surface area contributed by atoms with Crippen LogP contribution in [0.4, 0.5) is 11.8 Å². The van der Waals surface area contributed by atoms with Crippen molar-refractivity contribution in [1.29, 1.82) is 0 Å². The van der Waals surface area contributed by atoms with E-state index >= 15 is 0 Å². The van der Waals surface area contributed by atoms with Gasteiger partial charge in [0.2, 0.25) is 5.95 Å². The second-order valence-corrected chi connectivity index (χ2v) is 5.38. The Bertz CT molecular complexity index is 652. The zero-order valence-electron chi connectivity index (χ0n) is 11.8. The van der Waals surface area contributed by atoms with E-state index in [2.05, 4.69) is 15.1 Å². The molecule has 114 valence electrons. The third-order valence-corrected chi connectivity index (χ3v) is 4.18. The lowest BCUT2D eigenvalue weighted by atomic mass is 9.92. The fourth-order valence-electron chi connectivity index (χ4n) is 3.16. The molecule has 2 N–H and O–H groups in total. The number of aryl methyl sites for hydroxylation is 1. The molecule has 2 aromatic rings. The van der Waals surface area contributed by atoms with E-state index in [0.717, 1.165) is 50.6 Å². The Morgan fingerprint density at radius 3 is 2.48 bits per heavy atom. The van der Waals surface area contributed by atoms with Gasteiger partial charge in [0.1, 0.15) is 0 Å². The minimum Gasteiger partial charge on any atom is -0.378 e. The van der Waals surface area contributed by atoms with Crippen LogP contribution in [0.15, 0.2) is 0 Å². The summed E-state index contributed by atoms with van der Waals surface area (Å²) in [5.74, 6) is 1.41. The minimum atomic E-state index is 0. The first-order valence-electron chi connectivity index (χ1n) is 7.20. The molecule has 8 heteroatoms. The topological polar surface area (TPSA) is 81.6 Å². The van der Waals surface area contributed by atoms with Crippen LogP contribution in [0, 0.1) is 0 Å². The van der Waals surface area contributed by atoms with Crippen LogP contribution in [0.3, 0.4) is 0 Å². The van der Waals surface area contributed by atoms with Crippen molar-refractivity contribution in [1.82, 2.24) is 19.8 Å². The molecule has 0 unspecified atom stereocenters. The number of fused-ring (bicyclic) bond motifs is 3. The number of morpholine rings is 1. The number of hydrogen-bond acceptors (Lipinski definition) is 6. The number of aromatic nitrogens is 4. The van der Waals surface area contributed by atoms with Crippen molar-refractivity contribution < 1.29 is 4.74 Å². The predicted molar refractivity (Wildman–Crippen MR) is 82.1 cm³/mol. The van der Waals surface area contributed by atoms with Gasteiger partial charge in [-0.05, 0) is 25.7 Å². The van der Waals surface area contributed by atoms with Crippen LogP contribution >= 0.6 is 12.4 Å². The second kappa shape index (κ2) is 5.65. The van der Waals surface area contributed by atoms with Gasteiger partial charge in [0, 0.05) is 24.2 Å². The van der Waals surface area contributed by atoms with Gasteiger partial charge >= 0.3 is 0 Å². The zero-order chi connectivity index (χ0) is 13.5. The van der Waals surface area contributed by atoms with E-state index in [1.165, 1.54) is 24.0 Å². The van der Waals surface area contributed by atoms with Gasteiger partial charge in [-0.3, -0.25) is 0 Å². The Labute approximate surface area is 128 Å². The van der Waals surface area contributed by atoms with Crippen molar-refractivity contribution in [2.45, 2.75) is 25.7 Å². The zero-order valence-corrected chi connectivity index (χ0v) is 12.6. The SMILES string of the molecule is Cl.Nc1nnc2c3c(c(N4CCOCC4)nn12)CCCC3. The Morgan fingerprint density at radius 1 is 1.00 bits per heavy atom. The third kappa shape index (κ3) is 2.30. The van der Waals surface area contributed by atoms with Crippen LogP contribution in [0.5, 0.6) is 0 Å². The van der Waals surface area contributed by atoms with Gasteiger partial charge in [-0.1, -0.05) is 0 Å². The number of halogens is 1. The fourth-order valence-corrected chi connectivity index (χ4v) is 3.16. The number of rotatable bonds is 1. The van der Waals surface area contributed by atoms with Gasteiger partial charge in [0.25, 0.3) is 0 Å². The largest absolute Gasteiger partial charge is 0.378 e. The molecule has 1 fully saturated rings. The smallest absolute Gasteiger partial charge is 0.243 e. The van der Waals surface area contributed by atoms with E-state index in [1.54, 1.807) is 4.52 Å². The summed E-state index contributed by atoms with van der Waals surface area (Å²) in [5, 5.41) is 12.9. The molecule has 0 saturated carbocycles. The second-order valence-electron chi connectivity index (χ2n) is 5.38. The van der Waals surface area contributed by atoms with E-state index in [0.29, 0.717) is 5.95 Å². The van der Waals surface area contributed by atoms with E-state index in [1.807, 2.05) is 0 Å². The molecular weight excluding hydrogens is 292 g/mol. The van der Waals surface area contributed by atoms with Crippen LogP contribution in [-0.2, 0) is 17.6 Å². The average molecular weight is 311 g/mol. The molecule has 0 aromatic carbocycles. The van der Waals surface area contributed by atoms with Gasteiger partial charge < -0.3 is 15.4 Å². The van der Waals surface area contributed by atoms with Crippen molar-refractivity contribution in [2.75, 3.05) is 36.9 Å². The maximum Gasteiger partial charge on any atom is 0.243 e. The number of nitrogens with zero attached hydrogens (tertiary/aromatic N) is 5. The summed E-state index contributed by atoms with van der Waals surface area (Å²) in [6.45, 7) is 3.28. The van der Waals surface area contributed by atoms with E-state index < -0.39 is 0 Å². The third-order valence-electron chi connectivity index (χ3n) is 4.18. The first-order chi connectivity index (χ1) is 9.84. The van der Waals surface area contributed by atoms with Crippen LogP contribution in [0.2, 0.25) is 0 Å². The Morgan fingerprint density at radius 2 is 1.71 bits per heavy atom. The monoisotopic (exact) mass is 310 g/mol. The molecule has 3 heterocycles. The standard InChI is InChI=1S/C13H18N6O.ClH/c14-13-16-15-11-9-3-1-2-4-10(9)12(17-19(11)13)18-5-7-20-8-6-18;/h1-8H2,(H2,14,16);1H. The fraction of sp³-hybridized carbons (Fsp3) is 0.615. The van der Waals surface area contributed by atoms with Crippen LogP contribution in [-0.4, -0.2) is 46.1 Å². The van der Waals surface area contributed by atoms with Gasteiger partial charge in [0.15, 0.2) is 11.5 Å². The first-order valence-corrected chi connectivity index (χ1v) is 7.20. The first kappa shape index (κ1) is 14.3. The molecule has 0 radical (unpaired) electrons. The lowest BCUT2D eigenvalue weighted by molar-refractivity contribution is 0.122. The highest BCUT2D eigenvalue weighted by molar-refractivity contribution is 5.85. The van der Waals surface area contributed by atoms with Gasteiger partial charge in [-0.2, -0.15) is 4.52 Å². The Hall–Kier alpha value is -1.60. The number of nitrogens with two attached hydrogens (primary N) is 1. The van der Waals surface area contributed by atoms with Crippen molar-refractivity contribution in [3.05, 3.63) is 11.1 Å². The van der Waals surface area contributed by atoms with Crippen LogP contribution < -0.4 is 10.6 Å². The summed E-state index contributed by atoms with van der Waals surface area (Å²) in [4.78, 5) is 2.30. The van der Waals surface area contributed by atoms with Crippen LogP contribution in [0.1, 0.15) is 24.0 Å². The molecule has 1 aliphatic carbocycles. The summed E-state index contributed by atoms with van der Waals surface area (Å²) < 4.78 is 7.13. The molecule has 0 amide bonds. The molecule has 0 spiro atoms. The lowest BCUT2D eigenvalue weighted by Crippen LogP contribution is -2.38. The molecule has 1 saturated heterocycles. The van der Waals surface area contributed by atoms with Gasteiger partial charge in [-0.25, -0.2) is 0 Å². The Kier molecular flexibility index (Phi) is 3.86. The maximum atomic E-state index is 5.89. The minimum absolute atomic E-state index is 0. The summed E-state index contributed by atoms with van der Waals surface area (Å²) in [7, 11) is 0. The van der Waals surface area contributed by atoms with Gasteiger partial charge in [-0.15, -0.1) is 27.7 Å². The van der Waals surface area contributed by atoms with Crippen molar-refractivity contribution >= 4 is 29.8 Å². The summed E-state index contributed by atoms with van der Waals surface area (Å²) in [6.07, 6.45) is 4.52. The number of ether oxygens (including phenoxy) is 1. The van der Waals surface area contributed by atoms with Gasteiger partial charge in [0.05, 0.1) is 13.2 Å². The molecule has 4 rings (SSSR count). The van der Waals surface area contributed by atoms with Crippen LogP contribution in [0.25, 0.3) is 5.65 Å². The summed E-state index contributed by atoms with van der Waals surface area (Å²) >= 11 is 0. The molecular formula is C13H19ClN6O. The summed E-state index contributed by atoms with van der Waals surface area (Å²) in [5.41, 5.74) is 9.33. The maximum absolute atomic E-state index is 5.89. The average Bonchev–Trinajstić information content (AvgIpc) is 2.89.